The minimum atomic E-state index is 0.0255. The van der Waals surface area contributed by atoms with Crippen molar-refractivity contribution in [2.24, 2.45) is 0 Å². The standard InChI is InChI=1S/C13H19N5OS/c1-8-7-9-11(18(4)6-5-10(19)14-2)16-13(15-3)17-12(9)20-8/h7H,5-6H2,1-4H3,(H,14,19)(H,15,16,17). The lowest BCUT2D eigenvalue weighted by atomic mass is 10.3. The van der Waals surface area contributed by atoms with Crippen molar-refractivity contribution in [3.8, 4) is 0 Å². The molecule has 2 heterocycles. The fourth-order valence-electron chi connectivity index (χ4n) is 1.93. The number of anilines is 2. The van der Waals surface area contributed by atoms with Crippen molar-refractivity contribution in [3.05, 3.63) is 10.9 Å². The summed E-state index contributed by atoms with van der Waals surface area (Å²) in [7, 11) is 5.39. The maximum absolute atomic E-state index is 11.4. The van der Waals surface area contributed by atoms with Crippen LogP contribution in [0.1, 0.15) is 11.3 Å². The van der Waals surface area contributed by atoms with Gasteiger partial charge in [0.25, 0.3) is 0 Å². The summed E-state index contributed by atoms with van der Waals surface area (Å²) in [6, 6.07) is 2.09. The summed E-state index contributed by atoms with van der Waals surface area (Å²) in [5.41, 5.74) is 0. The van der Waals surface area contributed by atoms with Crippen LogP contribution in [0.2, 0.25) is 0 Å². The van der Waals surface area contributed by atoms with E-state index >= 15 is 0 Å². The van der Waals surface area contributed by atoms with E-state index in [2.05, 4.69) is 33.6 Å². The number of aryl methyl sites for hydroxylation is 1. The topological polar surface area (TPSA) is 70.2 Å². The number of nitrogens with zero attached hydrogens (tertiary/aromatic N) is 3. The van der Waals surface area contributed by atoms with Crippen LogP contribution in [-0.2, 0) is 4.79 Å². The summed E-state index contributed by atoms with van der Waals surface area (Å²) >= 11 is 1.65. The summed E-state index contributed by atoms with van der Waals surface area (Å²) in [5.74, 6) is 1.48. The van der Waals surface area contributed by atoms with E-state index in [1.807, 2.05) is 11.9 Å². The van der Waals surface area contributed by atoms with Crippen molar-refractivity contribution in [2.45, 2.75) is 13.3 Å². The lowest BCUT2D eigenvalue weighted by Gasteiger charge is -2.19. The average molecular weight is 293 g/mol. The van der Waals surface area contributed by atoms with Crippen LogP contribution in [0.15, 0.2) is 6.07 Å². The van der Waals surface area contributed by atoms with Crippen molar-refractivity contribution in [3.63, 3.8) is 0 Å². The van der Waals surface area contributed by atoms with E-state index in [0.717, 1.165) is 16.0 Å². The highest BCUT2D eigenvalue weighted by Gasteiger charge is 2.14. The molecule has 1 amide bonds. The Morgan fingerprint density at radius 3 is 2.80 bits per heavy atom. The largest absolute Gasteiger partial charge is 0.359 e. The molecule has 2 N–H and O–H groups in total. The van der Waals surface area contributed by atoms with Crippen LogP contribution in [0.5, 0.6) is 0 Å². The zero-order chi connectivity index (χ0) is 14.7. The van der Waals surface area contributed by atoms with Crippen LogP contribution >= 0.6 is 11.3 Å². The van der Waals surface area contributed by atoms with Gasteiger partial charge in [-0.2, -0.15) is 4.98 Å². The predicted octanol–water partition coefficient (Wildman–Crippen LogP) is 1.61. The molecule has 0 atom stereocenters. The SMILES string of the molecule is CNC(=O)CCN(C)c1nc(NC)nc2sc(C)cc12. The minimum absolute atomic E-state index is 0.0255. The van der Waals surface area contributed by atoms with Crippen molar-refractivity contribution in [1.82, 2.24) is 15.3 Å². The summed E-state index contributed by atoms with van der Waals surface area (Å²) in [4.78, 5) is 24.5. The molecule has 0 aliphatic carbocycles. The Balaban J connectivity index is 2.33. The number of nitrogens with one attached hydrogen (secondary N) is 2. The Kier molecular flexibility index (Phi) is 4.39. The van der Waals surface area contributed by atoms with Gasteiger partial charge in [0.15, 0.2) is 0 Å². The van der Waals surface area contributed by atoms with E-state index in [-0.39, 0.29) is 5.91 Å². The van der Waals surface area contributed by atoms with Crippen molar-refractivity contribution in [2.75, 3.05) is 37.9 Å². The maximum Gasteiger partial charge on any atom is 0.225 e. The Morgan fingerprint density at radius 2 is 2.15 bits per heavy atom. The Labute approximate surface area is 122 Å². The van der Waals surface area contributed by atoms with Gasteiger partial charge in [0.2, 0.25) is 11.9 Å². The van der Waals surface area contributed by atoms with Crippen LogP contribution in [-0.4, -0.2) is 43.6 Å². The van der Waals surface area contributed by atoms with Gasteiger partial charge in [-0.3, -0.25) is 4.79 Å². The van der Waals surface area contributed by atoms with Crippen LogP contribution < -0.4 is 15.5 Å². The molecule has 2 aromatic rings. The number of rotatable bonds is 5. The van der Waals surface area contributed by atoms with E-state index in [1.165, 1.54) is 4.88 Å². The van der Waals surface area contributed by atoms with Crippen LogP contribution in [0.3, 0.4) is 0 Å². The van der Waals surface area contributed by atoms with Gasteiger partial charge in [-0.25, -0.2) is 4.98 Å². The molecule has 0 fully saturated rings. The molecule has 0 unspecified atom stereocenters. The highest BCUT2D eigenvalue weighted by Crippen LogP contribution is 2.31. The van der Waals surface area contributed by atoms with E-state index in [4.69, 9.17) is 0 Å². The van der Waals surface area contributed by atoms with Gasteiger partial charge < -0.3 is 15.5 Å². The van der Waals surface area contributed by atoms with E-state index in [1.54, 1.807) is 25.4 Å². The highest BCUT2D eigenvalue weighted by atomic mass is 32.1. The first-order valence-corrected chi connectivity index (χ1v) is 7.24. The number of amides is 1. The second-order valence-electron chi connectivity index (χ2n) is 4.54. The van der Waals surface area contributed by atoms with Gasteiger partial charge in [0.05, 0.1) is 5.39 Å². The molecule has 7 heteroatoms. The van der Waals surface area contributed by atoms with Crippen molar-refractivity contribution in [1.29, 1.82) is 0 Å². The Morgan fingerprint density at radius 1 is 1.40 bits per heavy atom. The van der Waals surface area contributed by atoms with Crippen LogP contribution in [0.25, 0.3) is 10.2 Å². The molecule has 0 aromatic carbocycles. The molecule has 0 spiro atoms. The molecule has 2 aromatic heterocycles. The van der Waals surface area contributed by atoms with E-state index < -0.39 is 0 Å². The maximum atomic E-state index is 11.4. The molecule has 2 rings (SSSR count). The zero-order valence-corrected chi connectivity index (χ0v) is 13.0. The molecule has 0 saturated carbocycles. The third-order valence-electron chi connectivity index (χ3n) is 3.03. The van der Waals surface area contributed by atoms with E-state index in [9.17, 15) is 4.79 Å². The molecular formula is C13H19N5OS. The highest BCUT2D eigenvalue weighted by molar-refractivity contribution is 7.18. The number of fused-ring (bicyclic) bond motifs is 1. The number of carbonyl (C=O) groups is 1. The van der Waals surface area contributed by atoms with Crippen LogP contribution in [0.4, 0.5) is 11.8 Å². The van der Waals surface area contributed by atoms with Gasteiger partial charge in [0, 0.05) is 39.0 Å². The first-order chi connectivity index (χ1) is 9.55. The fourth-order valence-corrected chi connectivity index (χ4v) is 2.80. The summed E-state index contributed by atoms with van der Waals surface area (Å²) in [6.07, 6.45) is 0.441. The lowest BCUT2D eigenvalue weighted by molar-refractivity contribution is -0.120. The molecule has 108 valence electrons. The van der Waals surface area contributed by atoms with Gasteiger partial charge in [-0.05, 0) is 13.0 Å². The van der Waals surface area contributed by atoms with Gasteiger partial charge in [0.1, 0.15) is 10.6 Å². The fraction of sp³-hybridized carbons (Fsp3) is 0.462. The summed E-state index contributed by atoms with van der Waals surface area (Å²) in [5, 5.41) is 6.64. The average Bonchev–Trinajstić information content (AvgIpc) is 2.82. The normalized spacial score (nSPS) is 10.6. The monoisotopic (exact) mass is 293 g/mol. The molecular weight excluding hydrogens is 274 g/mol. The number of hydrogen-bond acceptors (Lipinski definition) is 6. The number of hydrogen-bond donors (Lipinski definition) is 2. The zero-order valence-electron chi connectivity index (χ0n) is 12.1. The van der Waals surface area contributed by atoms with Crippen molar-refractivity contribution < 1.29 is 4.79 Å². The second-order valence-corrected chi connectivity index (χ2v) is 5.78. The molecule has 6 nitrogen and oxygen atoms in total. The second kappa shape index (κ2) is 6.04. The Hall–Kier alpha value is -1.89. The van der Waals surface area contributed by atoms with Gasteiger partial charge >= 0.3 is 0 Å². The molecule has 0 saturated heterocycles. The third kappa shape index (κ3) is 2.98. The first kappa shape index (κ1) is 14.5. The number of aromatic nitrogens is 2. The minimum Gasteiger partial charge on any atom is -0.359 e. The van der Waals surface area contributed by atoms with Gasteiger partial charge in [-0.15, -0.1) is 11.3 Å². The van der Waals surface area contributed by atoms with Gasteiger partial charge in [-0.1, -0.05) is 0 Å². The summed E-state index contributed by atoms with van der Waals surface area (Å²) in [6.45, 7) is 2.67. The van der Waals surface area contributed by atoms with Crippen LogP contribution in [0, 0.1) is 6.92 Å². The lowest BCUT2D eigenvalue weighted by Crippen LogP contribution is -2.27. The number of thiophene rings is 1. The smallest absolute Gasteiger partial charge is 0.225 e. The molecule has 0 aliphatic rings. The first-order valence-electron chi connectivity index (χ1n) is 6.42. The molecule has 0 bridgehead atoms. The van der Waals surface area contributed by atoms with Crippen molar-refractivity contribution >= 4 is 39.2 Å². The predicted molar refractivity (Wildman–Crippen MR) is 83.7 cm³/mol. The summed E-state index contributed by atoms with van der Waals surface area (Å²) < 4.78 is 0. The number of carbonyl (C=O) groups excluding carboxylic acids is 1. The van der Waals surface area contributed by atoms with E-state index in [0.29, 0.717) is 18.9 Å². The quantitative estimate of drug-likeness (QED) is 0.876. The molecule has 0 aliphatic heterocycles. The molecule has 20 heavy (non-hydrogen) atoms. The Bertz CT molecular complexity index is 624. The molecule has 0 radical (unpaired) electrons. The third-order valence-corrected chi connectivity index (χ3v) is 3.98.